The lowest BCUT2D eigenvalue weighted by Gasteiger charge is -1.91. The zero-order chi connectivity index (χ0) is 9.14. The highest BCUT2D eigenvalue weighted by Crippen LogP contribution is 2.08. The highest BCUT2D eigenvalue weighted by atomic mass is 16.3. The summed E-state index contributed by atoms with van der Waals surface area (Å²) < 4.78 is 1.56. The Morgan fingerprint density at radius 3 is 2.83 bits per heavy atom. The fraction of sp³-hybridized carbons (Fsp3) is 0.250. The number of aliphatic hydroxyl groups is 1. The van der Waals surface area contributed by atoms with Crippen LogP contribution in [0.1, 0.15) is 12.5 Å². The molecule has 0 saturated heterocycles. The average Bonchev–Trinajstić information content (AvgIpc) is 2.34. The van der Waals surface area contributed by atoms with E-state index >= 15 is 0 Å². The van der Waals surface area contributed by atoms with Gasteiger partial charge in [-0.05, 0) is 6.92 Å². The Hall–Kier alpha value is -1.58. The van der Waals surface area contributed by atoms with Gasteiger partial charge in [-0.3, -0.25) is 9.48 Å². The summed E-state index contributed by atoms with van der Waals surface area (Å²) in [5.74, 6) is -0.230. The van der Waals surface area contributed by atoms with Crippen molar-refractivity contribution in [2.75, 3.05) is 0 Å². The van der Waals surface area contributed by atoms with E-state index in [0.717, 1.165) is 6.08 Å². The molecule has 1 heterocycles. The Balaban J connectivity index is 2.91. The van der Waals surface area contributed by atoms with Gasteiger partial charge in [-0.15, -0.1) is 0 Å². The Morgan fingerprint density at radius 2 is 2.42 bits per heavy atom. The Labute approximate surface area is 70.1 Å². The number of aryl methyl sites for hydroxylation is 1. The lowest BCUT2D eigenvalue weighted by Crippen LogP contribution is -1.87. The van der Waals surface area contributed by atoms with Crippen LogP contribution < -0.4 is 0 Å². The third-order valence-corrected chi connectivity index (χ3v) is 1.34. The van der Waals surface area contributed by atoms with Gasteiger partial charge in [0, 0.05) is 19.3 Å². The van der Waals surface area contributed by atoms with E-state index < -0.39 is 0 Å². The fourth-order valence-electron chi connectivity index (χ4n) is 0.829. The molecule has 0 amide bonds. The molecule has 0 bridgehead atoms. The zero-order valence-electron chi connectivity index (χ0n) is 6.98. The third-order valence-electron chi connectivity index (χ3n) is 1.34. The molecule has 0 radical (unpaired) electrons. The molecule has 0 aliphatic carbocycles. The molecular formula is C8H10N2O2. The van der Waals surface area contributed by atoms with Crippen LogP contribution in [0.4, 0.5) is 0 Å². The van der Waals surface area contributed by atoms with Crippen LogP contribution in [0.25, 0.3) is 5.76 Å². The Kier molecular flexibility index (Phi) is 2.28. The maximum Gasteiger partial charge on any atom is 0.156 e. The monoisotopic (exact) mass is 166 g/mol. The summed E-state index contributed by atoms with van der Waals surface area (Å²) in [7, 11) is 1.74. The predicted molar refractivity (Wildman–Crippen MR) is 44.5 cm³/mol. The molecule has 0 aliphatic rings. The second kappa shape index (κ2) is 3.21. The van der Waals surface area contributed by atoms with Crippen LogP contribution in [0.2, 0.25) is 0 Å². The summed E-state index contributed by atoms with van der Waals surface area (Å²) in [5, 5.41) is 13.1. The highest BCUT2D eigenvalue weighted by Gasteiger charge is 2.01. The molecule has 12 heavy (non-hydrogen) atoms. The minimum Gasteiger partial charge on any atom is -0.507 e. The van der Waals surface area contributed by atoms with Gasteiger partial charge in [0.15, 0.2) is 5.78 Å². The first-order valence-electron chi connectivity index (χ1n) is 3.50. The van der Waals surface area contributed by atoms with Crippen molar-refractivity contribution in [1.29, 1.82) is 0 Å². The molecule has 0 saturated carbocycles. The highest BCUT2D eigenvalue weighted by molar-refractivity contribution is 5.93. The van der Waals surface area contributed by atoms with Crippen molar-refractivity contribution < 1.29 is 9.90 Å². The first-order valence-corrected chi connectivity index (χ1v) is 3.50. The number of ketones is 1. The number of nitrogens with zero attached hydrogens (tertiary/aromatic N) is 2. The Bertz CT molecular complexity index is 326. The van der Waals surface area contributed by atoms with E-state index in [-0.39, 0.29) is 11.5 Å². The minimum absolute atomic E-state index is 0.0457. The molecule has 1 aromatic heterocycles. The number of rotatable bonds is 2. The molecule has 0 spiro atoms. The van der Waals surface area contributed by atoms with Gasteiger partial charge in [-0.25, -0.2) is 0 Å². The SMILES string of the molecule is CC(=O)C=C(O)c1cnn(C)c1. The molecular weight excluding hydrogens is 156 g/mol. The minimum atomic E-state index is -0.184. The third kappa shape index (κ3) is 1.95. The van der Waals surface area contributed by atoms with Crippen molar-refractivity contribution in [2.45, 2.75) is 6.92 Å². The molecule has 0 aliphatic heterocycles. The largest absolute Gasteiger partial charge is 0.507 e. The number of hydrogen-bond donors (Lipinski definition) is 1. The van der Waals surface area contributed by atoms with E-state index in [0.29, 0.717) is 5.56 Å². The summed E-state index contributed by atoms with van der Waals surface area (Å²) in [6, 6.07) is 0. The molecule has 0 atom stereocenters. The molecule has 0 aromatic carbocycles. The first-order chi connectivity index (χ1) is 5.59. The van der Waals surface area contributed by atoms with Crippen LogP contribution in [-0.4, -0.2) is 20.7 Å². The summed E-state index contributed by atoms with van der Waals surface area (Å²) in [4.78, 5) is 10.6. The van der Waals surface area contributed by atoms with Gasteiger partial charge < -0.3 is 5.11 Å². The number of aromatic nitrogens is 2. The summed E-state index contributed by atoms with van der Waals surface area (Å²) in [6.07, 6.45) is 4.29. The lowest BCUT2D eigenvalue weighted by molar-refractivity contribution is -0.112. The van der Waals surface area contributed by atoms with Crippen molar-refractivity contribution in [3.8, 4) is 0 Å². The van der Waals surface area contributed by atoms with Crippen LogP contribution in [0.5, 0.6) is 0 Å². The fourth-order valence-corrected chi connectivity index (χ4v) is 0.829. The van der Waals surface area contributed by atoms with Gasteiger partial charge >= 0.3 is 0 Å². The summed E-state index contributed by atoms with van der Waals surface area (Å²) in [6.45, 7) is 1.38. The maximum atomic E-state index is 10.6. The van der Waals surface area contributed by atoms with Crippen molar-refractivity contribution in [3.05, 3.63) is 24.0 Å². The Morgan fingerprint density at radius 1 is 1.75 bits per heavy atom. The van der Waals surface area contributed by atoms with E-state index in [9.17, 15) is 9.90 Å². The average molecular weight is 166 g/mol. The second-order valence-electron chi connectivity index (χ2n) is 2.54. The van der Waals surface area contributed by atoms with Gasteiger partial charge in [-0.1, -0.05) is 0 Å². The molecule has 0 fully saturated rings. The van der Waals surface area contributed by atoms with Crippen molar-refractivity contribution in [3.63, 3.8) is 0 Å². The molecule has 64 valence electrons. The van der Waals surface area contributed by atoms with Crippen molar-refractivity contribution in [2.24, 2.45) is 7.05 Å². The van der Waals surface area contributed by atoms with Gasteiger partial charge in [0.05, 0.1) is 11.8 Å². The van der Waals surface area contributed by atoms with E-state index in [1.54, 1.807) is 17.9 Å². The lowest BCUT2D eigenvalue weighted by atomic mass is 10.2. The molecule has 0 unspecified atom stereocenters. The van der Waals surface area contributed by atoms with Crippen LogP contribution in [0, 0.1) is 0 Å². The van der Waals surface area contributed by atoms with E-state index in [1.165, 1.54) is 13.1 Å². The molecule has 1 rings (SSSR count). The number of hydrogen-bond acceptors (Lipinski definition) is 3. The molecule has 1 aromatic rings. The summed E-state index contributed by atoms with van der Waals surface area (Å²) >= 11 is 0. The number of allylic oxidation sites excluding steroid dienone is 1. The first kappa shape index (κ1) is 8.52. The van der Waals surface area contributed by atoms with Gasteiger partial charge in [0.1, 0.15) is 5.76 Å². The van der Waals surface area contributed by atoms with Gasteiger partial charge in [0.2, 0.25) is 0 Å². The molecule has 1 N–H and O–H groups in total. The number of carbonyl (C=O) groups is 1. The topological polar surface area (TPSA) is 55.1 Å². The predicted octanol–water partition coefficient (Wildman–Crippen LogP) is 0.908. The van der Waals surface area contributed by atoms with Crippen molar-refractivity contribution >= 4 is 11.5 Å². The smallest absolute Gasteiger partial charge is 0.156 e. The van der Waals surface area contributed by atoms with Crippen LogP contribution in [-0.2, 0) is 11.8 Å². The second-order valence-corrected chi connectivity index (χ2v) is 2.54. The normalized spacial score (nSPS) is 11.7. The number of aliphatic hydroxyl groups excluding tert-OH is 1. The van der Waals surface area contributed by atoms with Crippen LogP contribution >= 0.6 is 0 Å². The summed E-state index contributed by atoms with van der Waals surface area (Å²) in [5.41, 5.74) is 0.549. The standard InChI is InChI=1S/C8H10N2O2/c1-6(11)3-8(12)7-4-9-10(2)5-7/h3-5,12H,1-2H3. The van der Waals surface area contributed by atoms with Crippen LogP contribution in [0.3, 0.4) is 0 Å². The van der Waals surface area contributed by atoms with Crippen molar-refractivity contribution in [1.82, 2.24) is 9.78 Å². The van der Waals surface area contributed by atoms with E-state index in [2.05, 4.69) is 5.10 Å². The number of carbonyl (C=O) groups excluding carboxylic acids is 1. The maximum absolute atomic E-state index is 10.6. The van der Waals surface area contributed by atoms with Crippen LogP contribution in [0.15, 0.2) is 18.5 Å². The quantitative estimate of drug-likeness (QED) is 0.524. The van der Waals surface area contributed by atoms with Gasteiger partial charge in [-0.2, -0.15) is 5.10 Å². The molecule has 4 nitrogen and oxygen atoms in total. The zero-order valence-corrected chi connectivity index (χ0v) is 6.98. The van der Waals surface area contributed by atoms with Gasteiger partial charge in [0.25, 0.3) is 0 Å². The molecule has 4 heteroatoms. The van der Waals surface area contributed by atoms with E-state index in [4.69, 9.17) is 0 Å². The van der Waals surface area contributed by atoms with E-state index in [1.807, 2.05) is 0 Å².